The van der Waals surface area contributed by atoms with E-state index in [1.165, 1.54) is 17.8 Å². The molecule has 2 aromatic rings. The van der Waals surface area contributed by atoms with Gasteiger partial charge in [0.2, 0.25) is 0 Å². The Balaban J connectivity index is 2.10. The highest BCUT2D eigenvalue weighted by atomic mass is 19.1. The van der Waals surface area contributed by atoms with Crippen molar-refractivity contribution in [2.24, 2.45) is 0 Å². The standard InChI is InChI=1S/C12H15FN4O3/c1-12(13)8(19)7(4-18)20-11(12)17-3-2-6-9(14)15-5-16-10(6)17/h2-3,5,7-8,11,18-19H,4H2,1H3,(H2,14,15,16)/t7-,8-,11-,12-/m1/s1. The van der Waals surface area contributed by atoms with Crippen molar-refractivity contribution in [1.82, 2.24) is 14.5 Å². The van der Waals surface area contributed by atoms with Crippen LogP contribution in [0.4, 0.5) is 10.2 Å². The maximum absolute atomic E-state index is 14.7. The van der Waals surface area contributed by atoms with Crippen LogP contribution in [-0.4, -0.2) is 49.2 Å². The lowest BCUT2D eigenvalue weighted by atomic mass is 9.98. The number of nitrogens with two attached hydrogens (primary N) is 1. The summed E-state index contributed by atoms with van der Waals surface area (Å²) >= 11 is 0. The highest BCUT2D eigenvalue weighted by Gasteiger charge is 2.54. The SMILES string of the molecule is C[C@@]1(F)[C@H](O)[C@@H](CO)O[C@H]1n1ccc2c(N)ncnc21. The molecule has 2 aromatic heterocycles. The Morgan fingerprint density at radius 3 is 2.95 bits per heavy atom. The molecule has 4 atom stereocenters. The molecule has 1 aliphatic rings. The monoisotopic (exact) mass is 282 g/mol. The van der Waals surface area contributed by atoms with E-state index in [9.17, 15) is 9.50 Å². The molecule has 1 saturated heterocycles. The van der Waals surface area contributed by atoms with Gasteiger partial charge in [0.25, 0.3) is 0 Å². The number of halogens is 1. The number of nitrogen functional groups attached to an aromatic ring is 1. The van der Waals surface area contributed by atoms with E-state index in [1.807, 2.05) is 0 Å². The molecule has 0 aromatic carbocycles. The van der Waals surface area contributed by atoms with Gasteiger partial charge in [0.1, 0.15) is 30.0 Å². The van der Waals surface area contributed by atoms with Gasteiger partial charge in [-0.25, -0.2) is 14.4 Å². The molecule has 108 valence electrons. The Morgan fingerprint density at radius 1 is 1.55 bits per heavy atom. The van der Waals surface area contributed by atoms with Crippen LogP contribution in [0.25, 0.3) is 11.0 Å². The van der Waals surface area contributed by atoms with Crippen LogP contribution in [0.1, 0.15) is 13.2 Å². The van der Waals surface area contributed by atoms with Crippen molar-refractivity contribution >= 4 is 16.9 Å². The van der Waals surface area contributed by atoms with Crippen LogP contribution in [0.2, 0.25) is 0 Å². The number of hydrogen-bond acceptors (Lipinski definition) is 6. The summed E-state index contributed by atoms with van der Waals surface area (Å²) in [5.41, 5.74) is 4.09. The number of aliphatic hydroxyl groups excluding tert-OH is 2. The third-order valence-corrected chi connectivity index (χ3v) is 3.69. The van der Waals surface area contributed by atoms with Crippen LogP contribution in [0.3, 0.4) is 0 Å². The first-order valence-electron chi connectivity index (χ1n) is 6.17. The van der Waals surface area contributed by atoms with Gasteiger partial charge in [-0.3, -0.25) is 0 Å². The second-order valence-corrected chi connectivity index (χ2v) is 5.02. The maximum Gasteiger partial charge on any atom is 0.181 e. The Labute approximate surface area is 113 Å². The van der Waals surface area contributed by atoms with E-state index in [4.69, 9.17) is 15.6 Å². The molecule has 0 amide bonds. The first-order valence-corrected chi connectivity index (χ1v) is 6.17. The van der Waals surface area contributed by atoms with Crippen molar-refractivity contribution in [3.8, 4) is 0 Å². The topological polar surface area (TPSA) is 106 Å². The van der Waals surface area contributed by atoms with E-state index in [0.29, 0.717) is 11.0 Å². The minimum absolute atomic E-state index is 0.284. The second kappa shape index (κ2) is 4.37. The summed E-state index contributed by atoms with van der Waals surface area (Å²) in [6.45, 7) is 0.766. The minimum atomic E-state index is -2.06. The fourth-order valence-corrected chi connectivity index (χ4v) is 2.54. The third kappa shape index (κ3) is 1.69. The Morgan fingerprint density at radius 2 is 2.30 bits per heavy atom. The van der Waals surface area contributed by atoms with Crippen LogP contribution >= 0.6 is 0 Å². The van der Waals surface area contributed by atoms with Gasteiger partial charge >= 0.3 is 0 Å². The van der Waals surface area contributed by atoms with E-state index >= 15 is 0 Å². The zero-order chi connectivity index (χ0) is 14.5. The molecule has 7 nitrogen and oxygen atoms in total. The zero-order valence-electron chi connectivity index (χ0n) is 10.8. The van der Waals surface area contributed by atoms with E-state index in [-0.39, 0.29) is 5.82 Å². The van der Waals surface area contributed by atoms with Gasteiger partial charge in [-0.05, 0) is 13.0 Å². The van der Waals surface area contributed by atoms with Crippen molar-refractivity contribution in [2.45, 2.75) is 31.0 Å². The van der Waals surface area contributed by atoms with E-state index in [2.05, 4.69) is 9.97 Å². The van der Waals surface area contributed by atoms with Gasteiger partial charge in [-0.15, -0.1) is 0 Å². The Kier molecular flexibility index (Phi) is 2.89. The average Bonchev–Trinajstić information content (AvgIpc) is 2.92. The third-order valence-electron chi connectivity index (χ3n) is 3.69. The molecule has 0 aliphatic carbocycles. The number of alkyl halides is 1. The fraction of sp³-hybridized carbons (Fsp3) is 0.500. The summed E-state index contributed by atoms with van der Waals surface area (Å²) < 4.78 is 21.6. The molecular formula is C12H15FN4O3. The molecule has 1 aliphatic heterocycles. The second-order valence-electron chi connectivity index (χ2n) is 5.02. The molecule has 4 N–H and O–H groups in total. The van der Waals surface area contributed by atoms with Gasteiger partial charge in [0.05, 0.1) is 12.0 Å². The number of aliphatic hydroxyl groups is 2. The average molecular weight is 282 g/mol. The normalized spacial score (nSPS) is 33.9. The number of rotatable bonds is 2. The van der Waals surface area contributed by atoms with Gasteiger partial charge in [0, 0.05) is 6.20 Å². The number of fused-ring (bicyclic) bond motifs is 1. The van der Waals surface area contributed by atoms with Crippen LogP contribution < -0.4 is 5.73 Å². The number of anilines is 1. The Hall–Kier alpha value is -1.77. The lowest BCUT2D eigenvalue weighted by molar-refractivity contribution is -0.0564. The summed E-state index contributed by atoms with van der Waals surface area (Å²) in [6, 6.07) is 1.66. The summed E-state index contributed by atoms with van der Waals surface area (Å²) in [7, 11) is 0. The summed E-state index contributed by atoms with van der Waals surface area (Å²) in [4.78, 5) is 7.93. The molecule has 0 saturated carbocycles. The fourth-order valence-electron chi connectivity index (χ4n) is 2.54. The van der Waals surface area contributed by atoms with Gasteiger partial charge in [-0.2, -0.15) is 0 Å². The van der Waals surface area contributed by atoms with Gasteiger partial charge < -0.3 is 25.3 Å². The van der Waals surface area contributed by atoms with E-state index in [0.717, 1.165) is 0 Å². The molecule has 1 fully saturated rings. The number of aromatic nitrogens is 3. The molecule has 20 heavy (non-hydrogen) atoms. The van der Waals surface area contributed by atoms with Gasteiger partial charge in [-0.1, -0.05) is 0 Å². The summed E-state index contributed by atoms with van der Waals surface area (Å²) in [5.74, 6) is 0.284. The van der Waals surface area contributed by atoms with E-state index < -0.39 is 30.7 Å². The van der Waals surface area contributed by atoms with Crippen LogP contribution in [-0.2, 0) is 4.74 Å². The highest BCUT2D eigenvalue weighted by Crippen LogP contribution is 2.42. The smallest absolute Gasteiger partial charge is 0.181 e. The van der Waals surface area contributed by atoms with E-state index in [1.54, 1.807) is 12.3 Å². The van der Waals surface area contributed by atoms with Gasteiger partial charge in [0.15, 0.2) is 11.9 Å². The molecule has 3 heterocycles. The number of ether oxygens (including phenoxy) is 1. The van der Waals surface area contributed by atoms with Crippen molar-refractivity contribution in [1.29, 1.82) is 0 Å². The maximum atomic E-state index is 14.7. The molecule has 3 rings (SSSR count). The lowest BCUT2D eigenvalue weighted by Crippen LogP contribution is -2.40. The van der Waals surface area contributed by atoms with Crippen LogP contribution in [0.15, 0.2) is 18.6 Å². The van der Waals surface area contributed by atoms with Crippen LogP contribution in [0, 0.1) is 0 Å². The molecule has 8 heteroatoms. The number of hydrogen-bond donors (Lipinski definition) is 3. The molecule has 0 unspecified atom stereocenters. The predicted molar refractivity (Wildman–Crippen MR) is 68.5 cm³/mol. The highest BCUT2D eigenvalue weighted by molar-refractivity contribution is 5.86. The summed E-state index contributed by atoms with van der Waals surface area (Å²) in [6.07, 6.45) is -0.647. The molecule has 0 radical (unpaired) electrons. The predicted octanol–water partition coefficient (Wildman–Crippen LogP) is -0.00770. The van der Waals surface area contributed by atoms with Crippen molar-refractivity contribution < 1.29 is 19.3 Å². The summed E-state index contributed by atoms with van der Waals surface area (Å²) in [5, 5.41) is 19.6. The van der Waals surface area contributed by atoms with Crippen molar-refractivity contribution in [2.75, 3.05) is 12.3 Å². The molecular weight excluding hydrogens is 267 g/mol. The Bertz CT molecular complexity index is 645. The first kappa shape index (κ1) is 13.2. The molecule has 0 bridgehead atoms. The number of nitrogens with zero attached hydrogens (tertiary/aromatic N) is 3. The van der Waals surface area contributed by atoms with Crippen LogP contribution in [0.5, 0.6) is 0 Å². The zero-order valence-corrected chi connectivity index (χ0v) is 10.8. The minimum Gasteiger partial charge on any atom is -0.394 e. The van der Waals surface area contributed by atoms with Crippen molar-refractivity contribution in [3.05, 3.63) is 18.6 Å². The quantitative estimate of drug-likeness (QED) is 0.715. The lowest BCUT2D eigenvalue weighted by Gasteiger charge is -2.25. The van der Waals surface area contributed by atoms with Crippen molar-refractivity contribution in [3.63, 3.8) is 0 Å². The first-order chi connectivity index (χ1) is 9.46. The molecule has 0 spiro atoms. The largest absolute Gasteiger partial charge is 0.394 e.